The summed E-state index contributed by atoms with van der Waals surface area (Å²) in [5.41, 5.74) is 6.73. The number of rotatable bonds is 2. The van der Waals surface area contributed by atoms with E-state index in [1.165, 1.54) is 103 Å². The van der Waals surface area contributed by atoms with Crippen LogP contribution in [0.25, 0.3) is 120 Å². The van der Waals surface area contributed by atoms with Crippen molar-refractivity contribution >= 4 is 97.3 Å². The van der Waals surface area contributed by atoms with Gasteiger partial charge in [-0.15, -0.1) is 0 Å². The van der Waals surface area contributed by atoms with Crippen molar-refractivity contribution in [3.8, 4) is 22.3 Å². The van der Waals surface area contributed by atoms with Gasteiger partial charge in [-0.3, -0.25) is 0 Å². The molecule has 11 aromatic carbocycles. The van der Waals surface area contributed by atoms with E-state index in [0.29, 0.717) is 0 Å². The smallest absolute Gasteiger partial charge is 0.136 e. The molecule has 49 heavy (non-hydrogen) atoms. The predicted molar refractivity (Wildman–Crippen MR) is 210 cm³/mol. The van der Waals surface area contributed by atoms with E-state index in [1.807, 2.05) is 0 Å². The molecule has 0 fully saturated rings. The maximum absolute atomic E-state index is 6.70. The van der Waals surface area contributed by atoms with Crippen LogP contribution in [0.2, 0.25) is 0 Å². The minimum atomic E-state index is 0.913. The van der Waals surface area contributed by atoms with E-state index in [2.05, 4.69) is 158 Å². The maximum atomic E-state index is 6.70. The summed E-state index contributed by atoms with van der Waals surface area (Å²) in [5, 5.41) is 20.3. The normalized spacial score (nSPS) is 12.5. The molecule has 0 aliphatic rings. The Morgan fingerprint density at radius 3 is 1.57 bits per heavy atom. The Labute approximate surface area is 280 Å². The fraction of sp³-hybridized carbons (Fsp3) is 0. The van der Waals surface area contributed by atoms with Gasteiger partial charge in [0.05, 0.1) is 0 Å². The summed E-state index contributed by atoms with van der Waals surface area (Å²) in [7, 11) is 0. The summed E-state index contributed by atoms with van der Waals surface area (Å²) >= 11 is 0. The molecule has 0 saturated carbocycles. The highest BCUT2D eigenvalue weighted by atomic mass is 16.3. The fourth-order valence-corrected chi connectivity index (χ4v) is 9.02. The molecule has 0 aliphatic carbocycles. The summed E-state index contributed by atoms with van der Waals surface area (Å²) in [6.07, 6.45) is 0. The van der Waals surface area contributed by atoms with E-state index >= 15 is 0 Å². The van der Waals surface area contributed by atoms with E-state index < -0.39 is 0 Å². The summed E-state index contributed by atoms with van der Waals surface area (Å²) in [4.78, 5) is 0. The average Bonchev–Trinajstić information content (AvgIpc) is 3.53. The fourth-order valence-electron chi connectivity index (χ4n) is 9.02. The number of hydrogen-bond acceptors (Lipinski definition) is 1. The summed E-state index contributed by atoms with van der Waals surface area (Å²) in [6.45, 7) is 0. The van der Waals surface area contributed by atoms with Crippen molar-refractivity contribution in [1.29, 1.82) is 0 Å². The van der Waals surface area contributed by atoms with Gasteiger partial charge in [-0.25, -0.2) is 0 Å². The molecular formula is C48H26O. The molecule has 0 amide bonds. The van der Waals surface area contributed by atoms with Gasteiger partial charge in [-0.2, -0.15) is 0 Å². The zero-order valence-corrected chi connectivity index (χ0v) is 26.4. The van der Waals surface area contributed by atoms with Crippen molar-refractivity contribution in [2.75, 3.05) is 0 Å². The molecule has 0 bridgehead atoms. The topological polar surface area (TPSA) is 13.1 Å². The first-order valence-electron chi connectivity index (χ1n) is 17.0. The highest BCUT2D eigenvalue weighted by Gasteiger charge is 2.21. The van der Waals surface area contributed by atoms with E-state index in [0.717, 1.165) is 16.6 Å². The SMILES string of the molecule is c1cc2ccc3cc(-c4cccc5c(-c6ccc7ccc8cccc9ccc6c7c89)c6c(cc45)oc4ccccc46)cc4ccc(c1)c2c34. The zero-order valence-electron chi connectivity index (χ0n) is 26.4. The van der Waals surface area contributed by atoms with Crippen LogP contribution in [0.4, 0.5) is 0 Å². The first-order chi connectivity index (χ1) is 24.3. The Morgan fingerprint density at radius 2 is 0.837 bits per heavy atom. The van der Waals surface area contributed by atoms with Crippen molar-refractivity contribution in [2.45, 2.75) is 0 Å². The average molecular weight is 619 g/mol. The number of para-hydroxylation sites is 1. The zero-order chi connectivity index (χ0) is 31.8. The summed E-state index contributed by atoms with van der Waals surface area (Å²) < 4.78 is 6.70. The van der Waals surface area contributed by atoms with Crippen LogP contribution in [0, 0.1) is 0 Å². The quantitative estimate of drug-likeness (QED) is 0.176. The molecule has 0 spiro atoms. The minimum Gasteiger partial charge on any atom is -0.456 e. The minimum absolute atomic E-state index is 0.913. The van der Waals surface area contributed by atoms with Crippen LogP contribution < -0.4 is 0 Å². The van der Waals surface area contributed by atoms with Gasteiger partial charge in [0.15, 0.2) is 0 Å². The van der Waals surface area contributed by atoms with E-state index in [1.54, 1.807) is 0 Å². The Kier molecular flexibility index (Phi) is 4.77. The molecule has 1 heteroatoms. The second-order valence-electron chi connectivity index (χ2n) is 13.6. The van der Waals surface area contributed by atoms with Gasteiger partial charge in [0.1, 0.15) is 11.2 Å². The number of benzene rings is 11. The Balaban J connectivity index is 1.22. The van der Waals surface area contributed by atoms with Crippen LogP contribution in [0.15, 0.2) is 162 Å². The van der Waals surface area contributed by atoms with Crippen LogP contribution in [0.5, 0.6) is 0 Å². The van der Waals surface area contributed by atoms with Crippen molar-refractivity contribution in [3.63, 3.8) is 0 Å². The van der Waals surface area contributed by atoms with Crippen molar-refractivity contribution in [3.05, 3.63) is 158 Å². The Morgan fingerprint density at radius 1 is 0.286 bits per heavy atom. The predicted octanol–water partition coefficient (Wildman–Crippen LogP) is 13.9. The van der Waals surface area contributed by atoms with Gasteiger partial charge >= 0.3 is 0 Å². The van der Waals surface area contributed by atoms with Crippen molar-refractivity contribution in [1.82, 2.24) is 0 Å². The molecule has 0 radical (unpaired) electrons. The van der Waals surface area contributed by atoms with Crippen molar-refractivity contribution in [2.24, 2.45) is 0 Å². The third kappa shape index (κ3) is 3.34. The van der Waals surface area contributed by atoms with Crippen LogP contribution in [0.3, 0.4) is 0 Å². The molecule has 0 unspecified atom stereocenters. The maximum Gasteiger partial charge on any atom is 0.136 e. The standard InChI is InChI=1S/C48H26O/c1-2-13-41-39(10-1)48-42(49-41)26-40-35(34-24-32-18-16-27-6-3-7-28-17-19-33(25-34)45(32)43(27)28)11-5-12-36(40)47(48)38-23-21-31-15-14-29-8-4-9-30-20-22-37(38)46(31)44(29)30/h1-26H. The molecule has 0 N–H and O–H groups in total. The molecular weight excluding hydrogens is 593 g/mol. The lowest BCUT2D eigenvalue weighted by Crippen LogP contribution is -1.91. The third-order valence-corrected chi connectivity index (χ3v) is 11.1. The van der Waals surface area contributed by atoms with Crippen molar-refractivity contribution < 1.29 is 4.42 Å². The molecule has 0 saturated heterocycles. The highest BCUT2D eigenvalue weighted by Crippen LogP contribution is 2.48. The van der Waals surface area contributed by atoms with Crippen LogP contribution in [-0.2, 0) is 0 Å². The molecule has 0 aliphatic heterocycles. The van der Waals surface area contributed by atoms with Gasteiger partial charge in [-0.05, 0) is 116 Å². The molecule has 12 aromatic rings. The van der Waals surface area contributed by atoms with Crippen LogP contribution >= 0.6 is 0 Å². The van der Waals surface area contributed by atoms with Gasteiger partial charge in [-0.1, -0.05) is 133 Å². The summed E-state index contributed by atoms with van der Waals surface area (Å²) in [5.74, 6) is 0. The van der Waals surface area contributed by atoms with Crippen LogP contribution in [-0.4, -0.2) is 0 Å². The number of hydrogen-bond donors (Lipinski definition) is 0. The Hall–Kier alpha value is -6.44. The molecule has 1 nitrogen and oxygen atoms in total. The molecule has 12 rings (SSSR count). The molecule has 1 heterocycles. The highest BCUT2D eigenvalue weighted by molar-refractivity contribution is 6.30. The van der Waals surface area contributed by atoms with E-state index in [9.17, 15) is 0 Å². The molecule has 0 atom stereocenters. The van der Waals surface area contributed by atoms with E-state index in [-0.39, 0.29) is 0 Å². The molecule has 1 aromatic heterocycles. The lowest BCUT2D eigenvalue weighted by Gasteiger charge is -2.18. The lowest BCUT2D eigenvalue weighted by molar-refractivity contribution is 0.669. The lowest BCUT2D eigenvalue weighted by atomic mass is 9.85. The Bertz CT molecular complexity index is 3240. The van der Waals surface area contributed by atoms with E-state index in [4.69, 9.17) is 4.42 Å². The third-order valence-electron chi connectivity index (χ3n) is 11.1. The largest absolute Gasteiger partial charge is 0.456 e. The van der Waals surface area contributed by atoms with Crippen LogP contribution in [0.1, 0.15) is 0 Å². The van der Waals surface area contributed by atoms with Gasteiger partial charge in [0.2, 0.25) is 0 Å². The second kappa shape index (κ2) is 9.13. The van der Waals surface area contributed by atoms with Gasteiger partial charge < -0.3 is 4.42 Å². The number of fused-ring (bicyclic) bond motifs is 4. The second-order valence-corrected chi connectivity index (χ2v) is 13.6. The van der Waals surface area contributed by atoms with Gasteiger partial charge in [0.25, 0.3) is 0 Å². The van der Waals surface area contributed by atoms with Gasteiger partial charge in [0, 0.05) is 16.3 Å². The summed E-state index contributed by atoms with van der Waals surface area (Å²) in [6, 6.07) is 58.4. The monoisotopic (exact) mass is 618 g/mol. The molecule has 224 valence electrons. The first-order valence-corrected chi connectivity index (χ1v) is 17.0. The first kappa shape index (κ1) is 25.6. The number of furan rings is 1.